The molecule has 1 unspecified atom stereocenters. The number of allylic oxidation sites excluding steroid dienone is 1. The second kappa shape index (κ2) is 17.1. The van der Waals surface area contributed by atoms with Crippen molar-refractivity contribution in [3.63, 3.8) is 0 Å². The average molecular weight is 295 g/mol. The number of hydrogen-bond donors (Lipinski definition) is 0. The summed E-state index contributed by atoms with van der Waals surface area (Å²) >= 11 is 0. The minimum Gasteiger partial charge on any atom is -0.303 e. The van der Waals surface area contributed by atoms with E-state index in [1.165, 1.54) is 32.1 Å². The highest BCUT2D eigenvalue weighted by atomic mass is 16.3. The maximum absolute atomic E-state index is 10.8. The third-order valence-electron chi connectivity index (χ3n) is 3.79. The number of hydrogen-bond acceptors (Lipinski definition) is 3. The number of unbranched alkanes of at least 4 members (excludes halogenated alkanes) is 10. The molecule has 3 nitrogen and oxygen atoms in total. The van der Waals surface area contributed by atoms with Crippen LogP contribution in [-0.2, 0) is 4.79 Å². The Balaban J connectivity index is 3.47. The molecule has 0 spiro atoms. The quantitative estimate of drug-likeness (QED) is 0.152. The first-order chi connectivity index (χ1) is 10.3. The third-order valence-corrected chi connectivity index (χ3v) is 3.79. The van der Waals surface area contributed by atoms with Gasteiger partial charge in [-0.05, 0) is 25.7 Å². The zero-order valence-electron chi connectivity index (χ0n) is 13.8. The Bertz CT molecular complexity index is 264. The lowest BCUT2D eigenvalue weighted by Gasteiger charge is -2.04. The lowest BCUT2D eigenvalue weighted by Crippen LogP contribution is -1.98. The van der Waals surface area contributed by atoms with Crippen molar-refractivity contribution < 1.29 is 4.79 Å². The second-order valence-corrected chi connectivity index (χ2v) is 5.82. The van der Waals surface area contributed by atoms with Gasteiger partial charge in [-0.3, -0.25) is 0 Å². The Kier molecular flexibility index (Phi) is 16.3. The Morgan fingerprint density at radius 3 is 2.14 bits per heavy atom. The highest BCUT2D eigenvalue weighted by molar-refractivity contribution is 5.48. The van der Waals surface area contributed by atoms with E-state index >= 15 is 0 Å². The second-order valence-electron chi connectivity index (χ2n) is 5.82. The van der Waals surface area contributed by atoms with E-state index in [1.54, 1.807) is 0 Å². The topological polar surface area (TPSA) is 46.5 Å². The van der Waals surface area contributed by atoms with Gasteiger partial charge in [0, 0.05) is 6.42 Å². The summed E-state index contributed by atoms with van der Waals surface area (Å²) in [5, 5.41) is 3.20. The molecule has 0 aliphatic rings. The number of carbonyl (C=O) groups excluding carboxylic acids is 1. The van der Waals surface area contributed by atoms with Gasteiger partial charge in [-0.1, -0.05) is 75.6 Å². The van der Waals surface area contributed by atoms with Crippen molar-refractivity contribution in [3.05, 3.63) is 17.1 Å². The fourth-order valence-electron chi connectivity index (χ4n) is 2.41. The summed E-state index contributed by atoms with van der Waals surface area (Å²) in [6.07, 6.45) is 19.6. The van der Waals surface area contributed by atoms with E-state index in [1.807, 2.05) is 6.08 Å². The van der Waals surface area contributed by atoms with Crippen LogP contribution in [-0.4, -0.2) is 12.3 Å². The molecule has 0 rings (SSSR count). The van der Waals surface area contributed by atoms with Gasteiger partial charge < -0.3 is 4.79 Å². The molecule has 0 heterocycles. The van der Waals surface area contributed by atoms with Gasteiger partial charge in [-0.15, -0.1) is 0 Å². The first-order valence-corrected chi connectivity index (χ1v) is 8.77. The number of nitrogens with zero attached hydrogens (tertiary/aromatic N) is 1. The molecule has 21 heavy (non-hydrogen) atoms. The van der Waals surface area contributed by atoms with E-state index in [-0.39, 0.29) is 6.04 Å². The smallest absolute Gasteiger partial charge is 0.119 e. The highest BCUT2D eigenvalue weighted by Crippen LogP contribution is 2.12. The third kappa shape index (κ3) is 15.2. The van der Waals surface area contributed by atoms with Crippen LogP contribution in [0.3, 0.4) is 0 Å². The van der Waals surface area contributed by atoms with Crippen molar-refractivity contribution in [1.29, 1.82) is 0 Å². The minimum absolute atomic E-state index is 0.143. The summed E-state index contributed by atoms with van der Waals surface area (Å²) in [5.41, 5.74) is 0. The molecule has 3 heteroatoms. The first-order valence-electron chi connectivity index (χ1n) is 8.77. The molecule has 0 radical (unpaired) electrons. The van der Waals surface area contributed by atoms with Crippen LogP contribution in [0.15, 0.2) is 17.3 Å². The predicted molar refractivity (Wildman–Crippen MR) is 90.5 cm³/mol. The highest BCUT2D eigenvalue weighted by Gasteiger charge is 2.03. The molecule has 0 saturated heterocycles. The van der Waals surface area contributed by atoms with Crippen molar-refractivity contribution in [1.82, 2.24) is 0 Å². The summed E-state index contributed by atoms with van der Waals surface area (Å²) < 4.78 is 0. The largest absolute Gasteiger partial charge is 0.303 e. The fourth-order valence-corrected chi connectivity index (χ4v) is 2.41. The molecule has 0 bridgehead atoms. The summed E-state index contributed by atoms with van der Waals surface area (Å²) in [6.45, 7) is 2.22. The van der Waals surface area contributed by atoms with Crippen LogP contribution < -0.4 is 0 Å². The molecule has 0 aliphatic heterocycles. The van der Waals surface area contributed by atoms with Gasteiger partial charge in [-0.25, -0.2) is 0 Å². The van der Waals surface area contributed by atoms with E-state index < -0.39 is 0 Å². The molecule has 0 aromatic carbocycles. The lowest BCUT2D eigenvalue weighted by molar-refractivity contribution is -0.107. The molecule has 0 fully saturated rings. The average Bonchev–Trinajstić information content (AvgIpc) is 2.51. The number of carbonyl (C=O) groups is 1. The summed E-state index contributed by atoms with van der Waals surface area (Å²) in [7, 11) is 0. The fraction of sp³-hybridized carbons (Fsp3) is 0.833. The van der Waals surface area contributed by atoms with Crippen molar-refractivity contribution in [2.45, 2.75) is 96.4 Å². The molecule has 122 valence electrons. The van der Waals surface area contributed by atoms with Gasteiger partial charge in [0.1, 0.15) is 12.3 Å². The normalized spacial score (nSPS) is 12.6. The Morgan fingerprint density at radius 2 is 1.48 bits per heavy atom. The maximum Gasteiger partial charge on any atom is 0.119 e. The monoisotopic (exact) mass is 295 g/mol. The Morgan fingerprint density at radius 1 is 0.857 bits per heavy atom. The van der Waals surface area contributed by atoms with Gasteiger partial charge in [0.25, 0.3) is 0 Å². The number of aldehydes is 1. The molecule has 1 atom stereocenters. The van der Waals surface area contributed by atoms with Gasteiger partial charge in [0.15, 0.2) is 0 Å². The van der Waals surface area contributed by atoms with Crippen LogP contribution in [0.25, 0.3) is 0 Å². The molecular weight excluding hydrogens is 262 g/mol. The Labute approximate surface area is 130 Å². The number of rotatable bonds is 16. The Hall–Kier alpha value is -0.990. The molecule has 0 amide bonds. The maximum atomic E-state index is 10.8. The van der Waals surface area contributed by atoms with Crippen LogP contribution in [0.4, 0.5) is 0 Å². The van der Waals surface area contributed by atoms with Gasteiger partial charge in [0.2, 0.25) is 0 Å². The van der Waals surface area contributed by atoms with Gasteiger partial charge in [0.05, 0.1) is 0 Å². The van der Waals surface area contributed by atoms with Crippen molar-refractivity contribution in [2.75, 3.05) is 0 Å². The van der Waals surface area contributed by atoms with Crippen LogP contribution in [0.5, 0.6) is 0 Å². The van der Waals surface area contributed by atoms with E-state index in [0.717, 1.165) is 51.2 Å². The summed E-state index contributed by atoms with van der Waals surface area (Å²) in [4.78, 5) is 20.9. The minimum atomic E-state index is -0.143. The predicted octanol–water partition coefficient (Wildman–Crippen LogP) is 5.97. The van der Waals surface area contributed by atoms with Crippen molar-refractivity contribution in [2.24, 2.45) is 5.18 Å². The zero-order chi connectivity index (χ0) is 15.6. The van der Waals surface area contributed by atoms with Gasteiger partial charge in [-0.2, -0.15) is 4.91 Å². The van der Waals surface area contributed by atoms with E-state index in [9.17, 15) is 9.70 Å². The van der Waals surface area contributed by atoms with Crippen molar-refractivity contribution >= 4 is 6.29 Å². The van der Waals surface area contributed by atoms with E-state index in [0.29, 0.717) is 6.42 Å². The molecular formula is C18H33NO2. The van der Waals surface area contributed by atoms with Crippen LogP contribution >= 0.6 is 0 Å². The SMILES string of the molecule is CCCCCCC/C=C\C(CCCCCCCC=O)N=O. The first kappa shape index (κ1) is 20.0. The standard InChI is InChI=1S/C18H33NO2/c1-2-3-4-5-6-9-12-15-18(19-21)16-13-10-7-8-11-14-17-20/h12,15,17-18H,2-11,13-14,16H2,1H3/b15-12-. The van der Waals surface area contributed by atoms with Gasteiger partial charge >= 0.3 is 0 Å². The summed E-state index contributed by atoms with van der Waals surface area (Å²) in [5.74, 6) is 0. The van der Waals surface area contributed by atoms with E-state index in [2.05, 4.69) is 18.2 Å². The van der Waals surface area contributed by atoms with Crippen molar-refractivity contribution in [3.8, 4) is 0 Å². The van der Waals surface area contributed by atoms with Crippen LogP contribution in [0.1, 0.15) is 90.4 Å². The van der Waals surface area contributed by atoms with Crippen LogP contribution in [0.2, 0.25) is 0 Å². The van der Waals surface area contributed by atoms with Crippen LogP contribution in [0, 0.1) is 4.91 Å². The molecule has 0 aromatic heterocycles. The summed E-state index contributed by atoms with van der Waals surface area (Å²) in [6, 6.07) is -0.143. The van der Waals surface area contributed by atoms with E-state index in [4.69, 9.17) is 0 Å². The molecule has 0 saturated carbocycles. The molecule has 0 N–H and O–H groups in total. The molecule has 0 aliphatic carbocycles. The number of nitroso groups, excluding NO2 is 1. The molecule has 0 aromatic rings. The zero-order valence-corrected chi connectivity index (χ0v) is 13.8. The lowest BCUT2D eigenvalue weighted by atomic mass is 10.0.